The summed E-state index contributed by atoms with van der Waals surface area (Å²) in [6.07, 6.45) is 0. The molecule has 1 aliphatic rings. The molecule has 26 heavy (non-hydrogen) atoms. The fraction of sp³-hybridized carbons (Fsp3) is 0.263. The maximum atomic E-state index is 12.6. The number of amides is 1. The van der Waals surface area contributed by atoms with Crippen molar-refractivity contribution in [1.82, 2.24) is 0 Å². The van der Waals surface area contributed by atoms with Gasteiger partial charge in [0.2, 0.25) is 6.79 Å². The lowest BCUT2D eigenvalue weighted by Crippen LogP contribution is -2.13. The first-order valence-electron chi connectivity index (χ1n) is 8.21. The number of anilines is 1. The molecule has 0 radical (unpaired) electrons. The van der Waals surface area contributed by atoms with Crippen LogP contribution in [0.15, 0.2) is 30.3 Å². The summed E-state index contributed by atoms with van der Waals surface area (Å²) in [6.45, 7) is 4.70. The number of hydrogen-bond acceptors (Lipinski definition) is 6. The minimum Gasteiger partial charge on any atom is -0.490 e. The summed E-state index contributed by atoms with van der Waals surface area (Å²) in [4.78, 5) is 12.6. The van der Waals surface area contributed by atoms with Crippen LogP contribution in [0.3, 0.4) is 0 Å². The van der Waals surface area contributed by atoms with Gasteiger partial charge >= 0.3 is 0 Å². The first-order chi connectivity index (χ1) is 12.7. The van der Waals surface area contributed by atoms with E-state index in [1.54, 1.807) is 30.3 Å². The molecule has 0 unspecified atom stereocenters. The van der Waals surface area contributed by atoms with Gasteiger partial charge in [-0.1, -0.05) is 0 Å². The Morgan fingerprint density at radius 2 is 1.81 bits per heavy atom. The molecule has 1 amide bonds. The summed E-state index contributed by atoms with van der Waals surface area (Å²) >= 11 is 0. The van der Waals surface area contributed by atoms with Crippen LogP contribution < -0.4 is 24.3 Å². The van der Waals surface area contributed by atoms with Crippen LogP contribution in [-0.4, -0.2) is 25.9 Å². The van der Waals surface area contributed by atoms with E-state index < -0.39 is 0 Å². The van der Waals surface area contributed by atoms with Crippen molar-refractivity contribution in [2.24, 2.45) is 0 Å². The molecule has 0 atom stereocenters. The Morgan fingerprint density at radius 3 is 2.50 bits per heavy atom. The van der Waals surface area contributed by atoms with E-state index in [1.807, 2.05) is 13.8 Å². The summed E-state index contributed by atoms with van der Waals surface area (Å²) in [5.74, 6) is 1.67. The molecule has 2 aromatic carbocycles. The Hall–Kier alpha value is -3.40. The molecule has 0 spiro atoms. The number of hydrogen-bond donors (Lipinski definition) is 1. The second-order valence-electron chi connectivity index (χ2n) is 5.34. The number of nitriles is 1. The van der Waals surface area contributed by atoms with E-state index in [0.717, 1.165) is 0 Å². The third-order valence-electron chi connectivity index (χ3n) is 3.69. The Labute approximate surface area is 151 Å². The van der Waals surface area contributed by atoms with Crippen LogP contribution in [0.25, 0.3) is 0 Å². The number of benzene rings is 2. The predicted molar refractivity (Wildman–Crippen MR) is 94.0 cm³/mol. The third-order valence-corrected chi connectivity index (χ3v) is 3.69. The number of nitrogens with zero attached hydrogens (tertiary/aromatic N) is 1. The molecule has 0 bridgehead atoms. The van der Waals surface area contributed by atoms with E-state index >= 15 is 0 Å². The number of fused-ring (bicyclic) bond motifs is 1. The van der Waals surface area contributed by atoms with E-state index in [0.29, 0.717) is 47.5 Å². The quantitative estimate of drug-likeness (QED) is 0.856. The molecule has 0 aliphatic carbocycles. The molecule has 1 N–H and O–H groups in total. The minimum absolute atomic E-state index is 0.135. The molecule has 7 heteroatoms. The standard InChI is InChI=1S/C19H18N2O5/c1-3-23-17-8-13(10-20)14(9-18(17)24-4-2)21-19(22)12-5-6-15-16(7-12)26-11-25-15/h5-9H,3-4,11H2,1-2H3,(H,21,22). The predicted octanol–water partition coefficient (Wildman–Crippen LogP) is 3.34. The molecule has 0 aromatic heterocycles. The van der Waals surface area contributed by atoms with Gasteiger partial charge in [0.25, 0.3) is 5.91 Å². The minimum atomic E-state index is -0.369. The third kappa shape index (κ3) is 3.49. The first kappa shape index (κ1) is 17.4. The highest BCUT2D eigenvalue weighted by Gasteiger charge is 2.18. The van der Waals surface area contributed by atoms with Gasteiger partial charge in [-0.2, -0.15) is 5.26 Å². The Bertz CT molecular complexity index is 873. The number of nitrogens with one attached hydrogen (secondary N) is 1. The number of carbonyl (C=O) groups excluding carboxylic acids is 1. The molecule has 7 nitrogen and oxygen atoms in total. The largest absolute Gasteiger partial charge is 0.490 e. The second-order valence-corrected chi connectivity index (χ2v) is 5.34. The zero-order chi connectivity index (χ0) is 18.5. The Kier molecular flexibility index (Phi) is 5.13. The molecule has 1 aliphatic heterocycles. The number of carbonyl (C=O) groups is 1. The van der Waals surface area contributed by atoms with Crippen LogP contribution in [0.2, 0.25) is 0 Å². The van der Waals surface area contributed by atoms with Crippen LogP contribution in [0.5, 0.6) is 23.0 Å². The molecule has 2 aromatic rings. The summed E-state index contributed by atoms with van der Waals surface area (Å²) < 4.78 is 21.6. The molecule has 0 fully saturated rings. The van der Waals surface area contributed by atoms with Crippen LogP contribution in [0.1, 0.15) is 29.8 Å². The van der Waals surface area contributed by atoms with Gasteiger partial charge < -0.3 is 24.3 Å². The van der Waals surface area contributed by atoms with Crippen LogP contribution in [0.4, 0.5) is 5.69 Å². The first-order valence-corrected chi connectivity index (χ1v) is 8.21. The lowest BCUT2D eigenvalue weighted by Gasteiger charge is -2.14. The van der Waals surface area contributed by atoms with Gasteiger partial charge in [-0.05, 0) is 32.0 Å². The zero-order valence-corrected chi connectivity index (χ0v) is 14.5. The average Bonchev–Trinajstić information content (AvgIpc) is 3.11. The van der Waals surface area contributed by atoms with Crippen molar-refractivity contribution in [3.8, 4) is 29.1 Å². The molecule has 0 saturated heterocycles. The fourth-order valence-corrected chi connectivity index (χ4v) is 2.52. The molecular formula is C19H18N2O5. The summed E-state index contributed by atoms with van der Waals surface area (Å²) in [7, 11) is 0. The SMILES string of the molecule is CCOc1cc(C#N)c(NC(=O)c2ccc3c(c2)OCO3)cc1OCC. The summed E-state index contributed by atoms with van der Waals surface area (Å²) in [5, 5.41) is 12.2. The van der Waals surface area contributed by atoms with Crippen LogP contribution in [0, 0.1) is 11.3 Å². The second kappa shape index (κ2) is 7.66. The van der Waals surface area contributed by atoms with E-state index in [9.17, 15) is 10.1 Å². The van der Waals surface area contributed by atoms with Crippen molar-refractivity contribution < 1.29 is 23.7 Å². The van der Waals surface area contributed by atoms with Gasteiger partial charge in [-0.25, -0.2) is 0 Å². The van der Waals surface area contributed by atoms with Crippen molar-refractivity contribution in [3.05, 3.63) is 41.5 Å². The van der Waals surface area contributed by atoms with Crippen molar-refractivity contribution in [2.75, 3.05) is 25.3 Å². The van der Waals surface area contributed by atoms with Gasteiger partial charge in [-0.3, -0.25) is 4.79 Å². The van der Waals surface area contributed by atoms with E-state index in [4.69, 9.17) is 18.9 Å². The Morgan fingerprint density at radius 1 is 1.12 bits per heavy atom. The lowest BCUT2D eigenvalue weighted by atomic mass is 10.1. The van der Waals surface area contributed by atoms with Gasteiger partial charge in [0.15, 0.2) is 23.0 Å². The highest BCUT2D eigenvalue weighted by Crippen LogP contribution is 2.35. The molecule has 3 rings (SSSR count). The van der Waals surface area contributed by atoms with Crippen molar-refractivity contribution in [3.63, 3.8) is 0 Å². The summed E-state index contributed by atoms with van der Waals surface area (Å²) in [5.41, 5.74) is 1.03. The topological polar surface area (TPSA) is 89.8 Å². The van der Waals surface area contributed by atoms with Crippen molar-refractivity contribution >= 4 is 11.6 Å². The monoisotopic (exact) mass is 354 g/mol. The Balaban J connectivity index is 1.89. The van der Waals surface area contributed by atoms with Crippen molar-refractivity contribution in [1.29, 1.82) is 5.26 Å². The smallest absolute Gasteiger partial charge is 0.255 e. The number of ether oxygens (including phenoxy) is 4. The van der Waals surface area contributed by atoms with Gasteiger partial charge in [-0.15, -0.1) is 0 Å². The van der Waals surface area contributed by atoms with Gasteiger partial charge in [0.1, 0.15) is 6.07 Å². The molecular weight excluding hydrogens is 336 g/mol. The highest BCUT2D eigenvalue weighted by molar-refractivity contribution is 6.05. The zero-order valence-electron chi connectivity index (χ0n) is 14.5. The fourth-order valence-electron chi connectivity index (χ4n) is 2.52. The van der Waals surface area contributed by atoms with Crippen molar-refractivity contribution in [2.45, 2.75) is 13.8 Å². The van der Waals surface area contributed by atoms with Gasteiger partial charge in [0, 0.05) is 17.7 Å². The molecule has 1 heterocycles. The maximum absolute atomic E-state index is 12.6. The normalized spacial score (nSPS) is 11.6. The van der Waals surface area contributed by atoms with E-state index in [1.165, 1.54) is 0 Å². The summed E-state index contributed by atoms with van der Waals surface area (Å²) in [6, 6.07) is 10.1. The average molecular weight is 354 g/mol. The van der Waals surface area contributed by atoms with Gasteiger partial charge in [0.05, 0.1) is 24.5 Å². The van der Waals surface area contributed by atoms with E-state index in [2.05, 4.69) is 11.4 Å². The number of rotatable bonds is 6. The van der Waals surface area contributed by atoms with E-state index in [-0.39, 0.29) is 18.3 Å². The molecule has 134 valence electrons. The van der Waals surface area contributed by atoms with Crippen LogP contribution >= 0.6 is 0 Å². The maximum Gasteiger partial charge on any atom is 0.255 e. The van der Waals surface area contributed by atoms with Crippen LogP contribution in [-0.2, 0) is 0 Å². The highest BCUT2D eigenvalue weighted by atomic mass is 16.7. The molecule has 0 saturated carbocycles. The lowest BCUT2D eigenvalue weighted by molar-refractivity contribution is 0.102.